The van der Waals surface area contributed by atoms with Gasteiger partial charge in [-0.2, -0.15) is 0 Å². The van der Waals surface area contributed by atoms with E-state index in [9.17, 15) is 4.79 Å². The second-order valence-corrected chi connectivity index (χ2v) is 5.34. The molecule has 16 heavy (non-hydrogen) atoms. The zero-order valence-electron chi connectivity index (χ0n) is 8.04. The van der Waals surface area contributed by atoms with Crippen LogP contribution in [0.5, 0.6) is 0 Å². The highest BCUT2D eigenvalue weighted by Crippen LogP contribution is 2.29. The molecule has 2 rings (SSSR count). The Balaban J connectivity index is 2.49. The van der Waals surface area contributed by atoms with Crippen molar-refractivity contribution in [1.82, 2.24) is 0 Å². The second-order valence-electron chi connectivity index (χ2n) is 3.17. The van der Waals surface area contributed by atoms with Crippen LogP contribution in [0, 0.1) is 0 Å². The maximum Gasteiger partial charge on any atom is 0.205 e. The van der Waals surface area contributed by atoms with Crippen molar-refractivity contribution in [3.8, 4) is 0 Å². The van der Waals surface area contributed by atoms with E-state index in [4.69, 9.17) is 17.3 Å². The van der Waals surface area contributed by atoms with Gasteiger partial charge in [0.15, 0.2) is 0 Å². The number of carbonyl (C=O) groups excluding carboxylic acids is 1. The Morgan fingerprint density at radius 1 is 1.38 bits per heavy atom. The van der Waals surface area contributed by atoms with Gasteiger partial charge in [0.1, 0.15) is 0 Å². The Morgan fingerprint density at radius 2 is 2.12 bits per heavy atom. The zero-order valence-corrected chi connectivity index (χ0v) is 11.2. The average Bonchev–Trinajstić information content (AvgIpc) is 2.67. The maximum atomic E-state index is 12.1. The molecule has 1 aromatic carbocycles. The van der Waals surface area contributed by atoms with Gasteiger partial charge in [-0.15, -0.1) is 11.3 Å². The van der Waals surface area contributed by atoms with Gasteiger partial charge in [0.2, 0.25) is 5.78 Å². The fraction of sp³-hybridized carbons (Fsp3) is 0. The number of anilines is 1. The molecular weight excluding hydrogens is 310 g/mol. The number of hydrogen-bond acceptors (Lipinski definition) is 3. The molecule has 5 heteroatoms. The summed E-state index contributed by atoms with van der Waals surface area (Å²) in [6, 6.07) is 6.73. The summed E-state index contributed by atoms with van der Waals surface area (Å²) in [7, 11) is 0. The van der Waals surface area contributed by atoms with E-state index in [2.05, 4.69) is 15.9 Å². The zero-order chi connectivity index (χ0) is 11.7. The molecule has 0 spiro atoms. The standard InChI is InChI=1S/C11H7BrClNOS/c12-8-3-4-16-11(8)10(15)7-5-6(14)1-2-9(7)13/h1-5H,14H2. The number of halogens is 2. The van der Waals surface area contributed by atoms with Gasteiger partial charge in [-0.1, -0.05) is 11.6 Å². The van der Waals surface area contributed by atoms with Gasteiger partial charge in [0.25, 0.3) is 0 Å². The Hall–Kier alpha value is -0.840. The lowest BCUT2D eigenvalue weighted by atomic mass is 10.1. The minimum absolute atomic E-state index is 0.112. The topological polar surface area (TPSA) is 43.1 Å². The third kappa shape index (κ3) is 2.14. The van der Waals surface area contributed by atoms with Crippen LogP contribution in [0.1, 0.15) is 15.2 Å². The molecule has 2 nitrogen and oxygen atoms in total. The number of benzene rings is 1. The smallest absolute Gasteiger partial charge is 0.205 e. The summed E-state index contributed by atoms with van der Waals surface area (Å²) in [5.74, 6) is -0.112. The van der Waals surface area contributed by atoms with E-state index in [0.717, 1.165) is 4.47 Å². The van der Waals surface area contributed by atoms with Crippen LogP contribution in [0.3, 0.4) is 0 Å². The van der Waals surface area contributed by atoms with E-state index in [1.54, 1.807) is 18.2 Å². The molecule has 2 N–H and O–H groups in total. The molecule has 1 aromatic heterocycles. The highest BCUT2D eigenvalue weighted by Gasteiger charge is 2.16. The first-order valence-electron chi connectivity index (χ1n) is 4.42. The first-order chi connectivity index (χ1) is 7.59. The monoisotopic (exact) mass is 315 g/mol. The van der Waals surface area contributed by atoms with Gasteiger partial charge in [-0.25, -0.2) is 0 Å². The summed E-state index contributed by atoms with van der Waals surface area (Å²) < 4.78 is 0.779. The Morgan fingerprint density at radius 3 is 2.75 bits per heavy atom. The fourth-order valence-corrected chi connectivity index (χ4v) is 3.00. The van der Waals surface area contributed by atoms with Crippen LogP contribution in [0.25, 0.3) is 0 Å². The average molecular weight is 317 g/mol. The molecule has 82 valence electrons. The summed E-state index contributed by atoms with van der Waals surface area (Å²) in [4.78, 5) is 12.8. The van der Waals surface area contributed by atoms with Gasteiger partial charge in [0.05, 0.1) is 9.90 Å². The number of hydrogen-bond donors (Lipinski definition) is 1. The summed E-state index contributed by atoms with van der Waals surface area (Å²) in [6.07, 6.45) is 0. The van der Waals surface area contributed by atoms with Crippen molar-refractivity contribution < 1.29 is 4.79 Å². The molecule has 0 aliphatic heterocycles. The van der Waals surface area contributed by atoms with E-state index in [1.165, 1.54) is 11.3 Å². The van der Waals surface area contributed by atoms with E-state index < -0.39 is 0 Å². The first-order valence-corrected chi connectivity index (χ1v) is 6.47. The van der Waals surface area contributed by atoms with E-state index >= 15 is 0 Å². The number of thiophene rings is 1. The Bertz CT molecular complexity index is 553. The first kappa shape index (κ1) is 11.6. The number of carbonyl (C=O) groups is 1. The lowest BCUT2D eigenvalue weighted by molar-refractivity contribution is 0.104. The van der Waals surface area contributed by atoms with Gasteiger partial charge in [-0.05, 0) is 45.6 Å². The van der Waals surface area contributed by atoms with Crippen LogP contribution in [-0.2, 0) is 0 Å². The minimum Gasteiger partial charge on any atom is -0.399 e. The molecule has 0 unspecified atom stereocenters. The third-order valence-electron chi connectivity index (χ3n) is 2.06. The van der Waals surface area contributed by atoms with Crippen molar-refractivity contribution >= 4 is 50.3 Å². The molecule has 1 heterocycles. The highest BCUT2D eigenvalue weighted by molar-refractivity contribution is 9.10. The van der Waals surface area contributed by atoms with Gasteiger partial charge in [-0.3, -0.25) is 4.79 Å². The molecule has 0 saturated carbocycles. The van der Waals surface area contributed by atoms with Crippen LogP contribution < -0.4 is 5.73 Å². The van der Waals surface area contributed by atoms with E-state index in [0.29, 0.717) is 21.2 Å². The molecule has 0 aliphatic carbocycles. The SMILES string of the molecule is Nc1ccc(Cl)c(C(=O)c2sccc2Br)c1. The molecule has 0 saturated heterocycles. The third-order valence-corrected chi connectivity index (χ3v) is 4.22. The van der Waals surface area contributed by atoms with Crippen molar-refractivity contribution in [3.63, 3.8) is 0 Å². The molecule has 0 aliphatic rings. The predicted octanol–water partition coefficient (Wildman–Crippen LogP) is 3.98. The lowest BCUT2D eigenvalue weighted by Gasteiger charge is -2.03. The van der Waals surface area contributed by atoms with Crippen molar-refractivity contribution in [1.29, 1.82) is 0 Å². The molecule has 0 radical (unpaired) electrons. The molecular formula is C11H7BrClNOS. The number of nitrogen functional groups attached to an aromatic ring is 1. The van der Waals surface area contributed by atoms with Gasteiger partial charge >= 0.3 is 0 Å². The van der Waals surface area contributed by atoms with Crippen LogP contribution in [-0.4, -0.2) is 5.78 Å². The predicted molar refractivity (Wildman–Crippen MR) is 71.3 cm³/mol. The largest absolute Gasteiger partial charge is 0.399 e. The molecule has 0 bridgehead atoms. The fourth-order valence-electron chi connectivity index (χ4n) is 1.29. The molecule has 0 amide bonds. The molecule has 0 fully saturated rings. The molecule has 2 aromatic rings. The number of ketones is 1. The normalized spacial score (nSPS) is 10.4. The highest BCUT2D eigenvalue weighted by atomic mass is 79.9. The van der Waals surface area contributed by atoms with Crippen LogP contribution in [0.2, 0.25) is 5.02 Å². The Kier molecular flexibility index (Phi) is 3.33. The van der Waals surface area contributed by atoms with Crippen LogP contribution in [0.4, 0.5) is 5.69 Å². The summed E-state index contributed by atoms with van der Waals surface area (Å²) in [6.45, 7) is 0. The molecule has 0 atom stereocenters. The van der Waals surface area contributed by atoms with E-state index in [-0.39, 0.29) is 5.78 Å². The second kappa shape index (κ2) is 4.57. The number of nitrogens with two attached hydrogens (primary N) is 1. The van der Waals surface area contributed by atoms with Gasteiger partial charge in [0, 0.05) is 15.7 Å². The lowest BCUT2D eigenvalue weighted by Crippen LogP contribution is -2.01. The Labute approximate surface area is 110 Å². The maximum absolute atomic E-state index is 12.1. The van der Waals surface area contributed by atoms with Gasteiger partial charge < -0.3 is 5.73 Å². The van der Waals surface area contributed by atoms with Crippen molar-refractivity contribution in [3.05, 3.63) is 49.6 Å². The van der Waals surface area contributed by atoms with Crippen molar-refractivity contribution in [2.45, 2.75) is 0 Å². The summed E-state index contributed by atoms with van der Waals surface area (Å²) >= 11 is 10.7. The van der Waals surface area contributed by atoms with Crippen molar-refractivity contribution in [2.24, 2.45) is 0 Å². The quantitative estimate of drug-likeness (QED) is 0.673. The van der Waals surface area contributed by atoms with Crippen LogP contribution in [0.15, 0.2) is 34.1 Å². The number of rotatable bonds is 2. The van der Waals surface area contributed by atoms with Crippen LogP contribution >= 0.6 is 38.9 Å². The van der Waals surface area contributed by atoms with E-state index in [1.807, 2.05) is 11.4 Å². The van der Waals surface area contributed by atoms with Crippen molar-refractivity contribution in [2.75, 3.05) is 5.73 Å². The summed E-state index contributed by atoms with van der Waals surface area (Å²) in [5, 5.41) is 2.26. The minimum atomic E-state index is -0.112. The summed E-state index contributed by atoms with van der Waals surface area (Å²) in [5.41, 5.74) is 6.60.